The molecule has 0 aliphatic heterocycles. The van der Waals surface area contributed by atoms with E-state index in [1.165, 1.54) is 5.56 Å². The lowest BCUT2D eigenvalue weighted by Crippen LogP contribution is -2.21. The van der Waals surface area contributed by atoms with Crippen molar-refractivity contribution in [3.63, 3.8) is 0 Å². The first-order chi connectivity index (χ1) is 15.2. The van der Waals surface area contributed by atoms with Crippen LogP contribution in [0.1, 0.15) is 26.3 Å². The van der Waals surface area contributed by atoms with Crippen molar-refractivity contribution in [1.82, 2.24) is 19.1 Å². The predicted molar refractivity (Wildman–Crippen MR) is 130 cm³/mol. The molecule has 0 saturated heterocycles. The average Bonchev–Trinajstić information content (AvgIpc) is 3.04. The van der Waals surface area contributed by atoms with E-state index in [9.17, 15) is 4.79 Å². The number of aryl methyl sites for hydroxylation is 1. The molecule has 160 valence electrons. The summed E-state index contributed by atoms with van der Waals surface area (Å²) < 4.78 is 3.42. The van der Waals surface area contributed by atoms with E-state index >= 15 is 0 Å². The molecule has 6 nitrogen and oxygen atoms in total. The maximum absolute atomic E-state index is 13.3. The van der Waals surface area contributed by atoms with Crippen LogP contribution in [0.25, 0.3) is 38.8 Å². The molecule has 0 bridgehead atoms. The first-order valence-electron chi connectivity index (χ1n) is 10.6. The second-order valence-corrected chi connectivity index (χ2v) is 9.17. The van der Waals surface area contributed by atoms with E-state index < -0.39 is 0 Å². The van der Waals surface area contributed by atoms with E-state index in [1.807, 2.05) is 30.3 Å². The van der Waals surface area contributed by atoms with Gasteiger partial charge in [-0.3, -0.25) is 14.1 Å². The number of nitrogens with zero attached hydrogens (tertiary/aromatic N) is 4. The topological polar surface area (TPSA) is 78.7 Å². The number of aromatic nitrogens is 4. The third-order valence-corrected chi connectivity index (χ3v) is 5.99. The van der Waals surface area contributed by atoms with Gasteiger partial charge in [0.15, 0.2) is 0 Å². The zero-order valence-electron chi connectivity index (χ0n) is 18.6. The fourth-order valence-electron chi connectivity index (χ4n) is 4.10. The summed E-state index contributed by atoms with van der Waals surface area (Å²) in [5.41, 5.74) is 12.2. The molecule has 0 unspecified atom stereocenters. The smallest absolute Gasteiger partial charge is 0.333 e. The first kappa shape index (κ1) is 20.0. The first-order valence-corrected chi connectivity index (χ1v) is 10.6. The van der Waals surface area contributed by atoms with Crippen molar-refractivity contribution in [2.45, 2.75) is 26.2 Å². The van der Waals surface area contributed by atoms with Crippen LogP contribution >= 0.6 is 0 Å². The van der Waals surface area contributed by atoms with E-state index in [0.29, 0.717) is 5.82 Å². The lowest BCUT2D eigenvalue weighted by Gasteiger charge is -2.19. The minimum atomic E-state index is -0.0997. The Bertz CT molecular complexity index is 1520. The normalized spacial score (nSPS) is 12.0. The van der Waals surface area contributed by atoms with Gasteiger partial charge in [0.2, 0.25) is 0 Å². The summed E-state index contributed by atoms with van der Waals surface area (Å²) in [7, 11) is 1.78. The predicted octanol–water partition coefficient (Wildman–Crippen LogP) is 4.82. The Morgan fingerprint density at radius 1 is 0.875 bits per heavy atom. The summed E-state index contributed by atoms with van der Waals surface area (Å²) in [4.78, 5) is 22.1. The number of imidazole rings is 1. The van der Waals surface area contributed by atoms with Crippen LogP contribution in [0.15, 0.2) is 71.8 Å². The molecular weight excluding hydrogens is 398 g/mol. The highest BCUT2D eigenvalue weighted by molar-refractivity contribution is 6.04. The largest absolute Gasteiger partial charge is 0.384 e. The maximum Gasteiger partial charge on any atom is 0.333 e. The van der Waals surface area contributed by atoms with Gasteiger partial charge in [0.25, 0.3) is 0 Å². The van der Waals surface area contributed by atoms with E-state index in [0.717, 1.165) is 38.8 Å². The molecule has 0 amide bonds. The Morgan fingerprint density at radius 3 is 2.25 bits per heavy atom. The molecule has 3 aromatic heterocycles. The average molecular weight is 424 g/mol. The molecule has 5 aromatic rings. The Morgan fingerprint density at radius 2 is 1.59 bits per heavy atom. The van der Waals surface area contributed by atoms with Gasteiger partial charge >= 0.3 is 5.69 Å². The summed E-state index contributed by atoms with van der Waals surface area (Å²) in [5, 5.41) is 0.912. The van der Waals surface area contributed by atoms with Crippen LogP contribution in [0.2, 0.25) is 0 Å². The molecule has 6 heteroatoms. The molecular formula is C26H25N5O. The number of benzene rings is 2. The van der Waals surface area contributed by atoms with Crippen molar-refractivity contribution in [3.05, 3.63) is 83.0 Å². The van der Waals surface area contributed by atoms with Crippen LogP contribution in [0.4, 0.5) is 5.82 Å². The van der Waals surface area contributed by atoms with Gasteiger partial charge in [0.1, 0.15) is 5.82 Å². The summed E-state index contributed by atoms with van der Waals surface area (Å²) in [5.74, 6) is 0.481. The van der Waals surface area contributed by atoms with Crippen molar-refractivity contribution in [2.75, 3.05) is 5.73 Å². The standard InChI is InChI=1S/C26H25N5O/c1-26(2,3)18-7-9-19(10-8-18)31-24-20-13-16(17-6-12-23(27)29-14-17)5-11-21(20)28-15-22(24)30(4)25(31)32/h5-15H,1-4H3,(H2,27,29). The number of pyridine rings is 2. The van der Waals surface area contributed by atoms with Crippen LogP contribution < -0.4 is 11.4 Å². The maximum atomic E-state index is 13.3. The lowest BCUT2D eigenvalue weighted by atomic mass is 9.87. The van der Waals surface area contributed by atoms with E-state index in [-0.39, 0.29) is 11.1 Å². The molecule has 3 heterocycles. The van der Waals surface area contributed by atoms with Crippen molar-refractivity contribution in [2.24, 2.45) is 7.05 Å². The second kappa shape index (κ2) is 7.05. The van der Waals surface area contributed by atoms with Crippen LogP contribution in [0.5, 0.6) is 0 Å². The highest BCUT2D eigenvalue weighted by Crippen LogP contribution is 2.30. The number of fused-ring (bicyclic) bond motifs is 3. The zero-order chi connectivity index (χ0) is 22.6. The van der Waals surface area contributed by atoms with Gasteiger partial charge in [-0.05, 0) is 52.9 Å². The SMILES string of the molecule is Cn1c(=O)n(-c2ccc(C(C)(C)C)cc2)c2c3cc(-c4ccc(N)nc4)ccc3ncc21. The van der Waals surface area contributed by atoms with Crippen LogP contribution in [0.3, 0.4) is 0 Å². The number of rotatable bonds is 2. The van der Waals surface area contributed by atoms with Gasteiger partial charge in [-0.25, -0.2) is 9.78 Å². The van der Waals surface area contributed by atoms with Gasteiger partial charge < -0.3 is 5.73 Å². The van der Waals surface area contributed by atoms with Gasteiger partial charge in [0.05, 0.1) is 28.4 Å². The number of hydrogen-bond donors (Lipinski definition) is 1. The Labute approximate surface area is 186 Å². The summed E-state index contributed by atoms with van der Waals surface area (Å²) in [6, 6.07) is 18.0. The third kappa shape index (κ3) is 3.15. The van der Waals surface area contributed by atoms with E-state index in [2.05, 4.69) is 48.9 Å². The van der Waals surface area contributed by atoms with Crippen molar-refractivity contribution in [1.29, 1.82) is 0 Å². The van der Waals surface area contributed by atoms with E-state index in [4.69, 9.17) is 5.73 Å². The monoisotopic (exact) mass is 423 g/mol. The highest BCUT2D eigenvalue weighted by Gasteiger charge is 2.18. The Kier molecular flexibility index (Phi) is 4.41. The molecule has 0 radical (unpaired) electrons. The van der Waals surface area contributed by atoms with Crippen LogP contribution in [-0.4, -0.2) is 19.1 Å². The number of hydrogen-bond acceptors (Lipinski definition) is 4. The van der Waals surface area contributed by atoms with Crippen molar-refractivity contribution >= 4 is 27.8 Å². The quantitative estimate of drug-likeness (QED) is 0.442. The summed E-state index contributed by atoms with van der Waals surface area (Å²) in [6.45, 7) is 6.54. The molecule has 0 saturated carbocycles. The Balaban J connectivity index is 1.79. The molecule has 0 spiro atoms. The van der Waals surface area contributed by atoms with Gasteiger partial charge in [-0.2, -0.15) is 0 Å². The fourth-order valence-corrected chi connectivity index (χ4v) is 4.10. The molecule has 0 atom stereocenters. The van der Waals surface area contributed by atoms with Gasteiger partial charge in [-0.15, -0.1) is 0 Å². The number of nitrogens with two attached hydrogens (primary N) is 1. The van der Waals surface area contributed by atoms with Crippen molar-refractivity contribution < 1.29 is 0 Å². The second-order valence-electron chi connectivity index (χ2n) is 9.17. The molecule has 32 heavy (non-hydrogen) atoms. The molecule has 2 N–H and O–H groups in total. The summed E-state index contributed by atoms with van der Waals surface area (Å²) in [6.07, 6.45) is 3.52. The number of nitrogen functional groups attached to an aromatic ring is 1. The third-order valence-electron chi connectivity index (χ3n) is 5.99. The van der Waals surface area contributed by atoms with Gasteiger partial charge in [0, 0.05) is 24.2 Å². The Hall–Kier alpha value is -3.93. The summed E-state index contributed by atoms with van der Waals surface area (Å²) >= 11 is 0. The lowest BCUT2D eigenvalue weighted by molar-refractivity contribution is 0.590. The fraction of sp³-hybridized carbons (Fsp3) is 0.192. The highest BCUT2D eigenvalue weighted by atomic mass is 16.1. The number of anilines is 1. The van der Waals surface area contributed by atoms with Crippen LogP contribution in [0, 0.1) is 0 Å². The van der Waals surface area contributed by atoms with Gasteiger partial charge in [-0.1, -0.05) is 39.0 Å². The molecule has 0 aliphatic rings. The molecule has 0 aliphatic carbocycles. The molecule has 0 fully saturated rings. The van der Waals surface area contributed by atoms with Crippen LogP contribution in [-0.2, 0) is 12.5 Å². The zero-order valence-corrected chi connectivity index (χ0v) is 18.6. The minimum absolute atomic E-state index is 0.0425. The molecule has 2 aromatic carbocycles. The van der Waals surface area contributed by atoms with Crippen molar-refractivity contribution in [3.8, 4) is 16.8 Å². The van der Waals surface area contributed by atoms with E-state index in [1.54, 1.807) is 34.6 Å². The minimum Gasteiger partial charge on any atom is -0.384 e. The molecule has 5 rings (SSSR count).